The summed E-state index contributed by atoms with van der Waals surface area (Å²) in [4.78, 5) is 22.5. The number of carbonyl (C=O) groups is 2. The molecule has 0 aliphatic carbocycles. The van der Waals surface area contributed by atoms with Crippen molar-refractivity contribution in [3.8, 4) is 5.75 Å². The maximum atomic E-state index is 11.5. The molecule has 1 aliphatic rings. The van der Waals surface area contributed by atoms with Crippen LogP contribution in [0.5, 0.6) is 5.75 Å². The average Bonchev–Trinajstić information content (AvgIpc) is 2.59. The van der Waals surface area contributed by atoms with Crippen molar-refractivity contribution < 1.29 is 14.3 Å². The Labute approximate surface area is 92.8 Å². The van der Waals surface area contributed by atoms with Crippen molar-refractivity contribution in [2.24, 2.45) is 0 Å². The van der Waals surface area contributed by atoms with Crippen LogP contribution in [0.2, 0.25) is 0 Å². The molecular formula is C11H12N2O3. The second-order valence-corrected chi connectivity index (χ2v) is 3.37. The lowest BCUT2D eigenvalue weighted by Crippen LogP contribution is -2.22. The fraction of sp³-hybridized carbons (Fsp3) is 0.273. The standard InChI is InChI=1S/C11H12N2O3/c1-2-16-8-6-4-3-5-7(8)9-10(14)13-11(15)12-9/h3-6,9H,2H2,1H3,(H2,12,13,14,15). The fourth-order valence-electron chi connectivity index (χ4n) is 1.64. The van der Waals surface area contributed by atoms with Gasteiger partial charge in [0, 0.05) is 5.56 Å². The Hall–Kier alpha value is -2.04. The highest BCUT2D eigenvalue weighted by molar-refractivity contribution is 6.04. The number of benzene rings is 1. The van der Waals surface area contributed by atoms with Crippen molar-refractivity contribution in [3.63, 3.8) is 0 Å². The molecule has 5 nitrogen and oxygen atoms in total. The summed E-state index contributed by atoms with van der Waals surface area (Å²) in [6.07, 6.45) is 0. The summed E-state index contributed by atoms with van der Waals surface area (Å²) in [5, 5.41) is 4.73. The maximum Gasteiger partial charge on any atom is 0.322 e. The molecule has 1 fully saturated rings. The van der Waals surface area contributed by atoms with Crippen LogP contribution in [0.15, 0.2) is 24.3 Å². The van der Waals surface area contributed by atoms with Crippen molar-refractivity contribution in [3.05, 3.63) is 29.8 Å². The summed E-state index contributed by atoms with van der Waals surface area (Å²) in [5.74, 6) is 0.268. The van der Waals surface area contributed by atoms with Gasteiger partial charge in [0.05, 0.1) is 6.61 Å². The van der Waals surface area contributed by atoms with Gasteiger partial charge in [0.15, 0.2) is 0 Å². The Morgan fingerprint density at radius 1 is 1.31 bits per heavy atom. The summed E-state index contributed by atoms with van der Waals surface area (Å²) in [6, 6.07) is 6.03. The van der Waals surface area contributed by atoms with E-state index in [0.29, 0.717) is 17.9 Å². The van der Waals surface area contributed by atoms with Crippen LogP contribution in [0.1, 0.15) is 18.5 Å². The van der Waals surface area contributed by atoms with E-state index in [0.717, 1.165) is 0 Å². The first-order valence-electron chi connectivity index (χ1n) is 5.05. The third-order valence-corrected chi connectivity index (χ3v) is 2.30. The van der Waals surface area contributed by atoms with Gasteiger partial charge in [0.25, 0.3) is 5.91 Å². The molecule has 0 aromatic heterocycles. The molecule has 2 N–H and O–H groups in total. The number of imide groups is 1. The molecular weight excluding hydrogens is 208 g/mol. The highest BCUT2D eigenvalue weighted by Crippen LogP contribution is 2.26. The monoisotopic (exact) mass is 220 g/mol. The van der Waals surface area contributed by atoms with Crippen LogP contribution >= 0.6 is 0 Å². The number of hydrogen-bond acceptors (Lipinski definition) is 3. The smallest absolute Gasteiger partial charge is 0.322 e. The van der Waals surface area contributed by atoms with Gasteiger partial charge < -0.3 is 10.1 Å². The number of urea groups is 1. The van der Waals surface area contributed by atoms with Crippen molar-refractivity contribution in [2.45, 2.75) is 13.0 Å². The van der Waals surface area contributed by atoms with E-state index >= 15 is 0 Å². The van der Waals surface area contributed by atoms with Crippen LogP contribution in [-0.2, 0) is 4.79 Å². The minimum absolute atomic E-state index is 0.350. The van der Waals surface area contributed by atoms with Gasteiger partial charge in [0.1, 0.15) is 11.8 Å². The fourth-order valence-corrected chi connectivity index (χ4v) is 1.64. The Morgan fingerprint density at radius 2 is 2.06 bits per heavy atom. The third-order valence-electron chi connectivity index (χ3n) is 2.30. The lowest BCUT2D eigenvalue weighted by atomic mass is 10.1. The normalized spacial score (nSPS) is 19.2. The average molecular weight is 220 g/mol. The van der Waals surface area contributed by atoms with Gasteiger partial charge in [0.2, 0.25) is 0 Å². The highest BCUT2D eigenvalue weighted by Gasteiger charge is 2.32. The summed E-state index contributed by atoms with van der Waals surface area (Å²) in [6.45, 7) is 2.38. The van der Waals surface area contributed by atoms with E-state index in [1.54, 1.807) is 18.2 Å². The van der Waals surface area contributed by atoms with Crippen LogP contribution in [0.4, 0.5) is 4.79 Å². The molecule has 1 heterocycles. The van der Waals surface area contributed by atoms with Gasteiger partial charge in [-0.05, 0) is 13.0 Å². The zero-order valence-corrected chi connectivity index (χ0v) is 8.82. The summed E-state index contributed by atoms with van der Waals surface area (Å²) < 4.78 is 5.40. The molecule has 0 saturated carbocycles. The zero-order chi connectivity index (χ0) is 11.5. The van der Waals surface area contributed by atoms with Crippen molar-refractivity contribution in [2.75, 3.05) is 6.61 Å². The van der Waals surface area contributed by atoms with Gasteiger partial charge in [-0.2, -0.15) is 0 Å². The van der Waals surface area contributed by atoms with Crippen LogP contribution in [0.3, 0.4) is 0 Å². The van der Waals surface area contributed by atoms with E-state index in [1.165, 1.54) is 0 Å². The predicted molar refractivity (Wildman–Crippen MR) is 57.0 cm³/mol. The number of rotatable bonds is 3. The first kappa shape index (κ1) is 10.5. The number of hydrogen-bond donors (Lipinski definition) is 2. The highest BCUT2D eigenvalue weighted by atomic mass is 16.5. The Balaban J connectivity index is 2.32. The van der Waals surface area contributed by atoms with Crippen LogP contribution in [0, 0.1) is 0 Å². The minimum atomic E-state index is -0.657. The summed E-state index contributed by atoms with van der Waals surface area (Å²) in [7, 11) is 0. The van der Waals surface area contributed by atoms with Gasteiger partial charge in [-0.3, -0.25) is 10.1 Å². The predicted octanol–water partition coefficient (Wildman–Crippen LogP) is 0.966. The Bertz CT molecular complexity index is 431. The SMILES string of the molecule is CCOc1ccccc1C1NC(=O)NC1=O. The van der Waals surface area contributed by atoms with Crippen molar-refractivity contribution in [1.29, 1.82) is 0 Å². The first-order valence-corrected chi connectivity index (χ1v) is 5.05. The van der Waals surface area contributed by atoms with E-state index in [2.05, 4.69) is 10.6 Å². The zero-order valence-electron chi connectivity index (χ0n) is 8.82. The molecule has 0 spiro atoms. The molecule has 16 heavy (non-hydrogen) atoms. The molecule has 1 aliphatic heterocycles. The summed E-state index contributed by atoms with van der Waals surface area (Å²) >= 11 is 0. The largest absolute Gasteiger partial charge is 0.494 e. The molecule has 1 atom stereocenters. The molecule has 0 bridgehead atoms. The Morgan fingerprint density at radius 3 is 2.69 bits per heavy atom. The Kier molecular flexibility index (Phi) is 2.76. The number of carbonyl (C=O) groups excluding carboxylic acids is 2. The number of para-hydroxylation sites is 1. The number of amides is 3. The molecule has 1 unspecified atom stereocenters. The second kappa shape index (κ2) is 4.22. The van der Waals surface area contributed by atoms with Crippen LogP contribution in [-0.4, -0.2) is 18.5 Å². The number of ether oxygens (including phenoxy) is 1. The van der Waals surface area contributed by atoms with E-state index in [9.17, 15) is 9.59 Å². The molecule has 1 saturated heterocycles. The van der Waals surface area contributed by atoms with E-state index < -0.39 is 12.1 Å². The lowest BCUT2D eigenvalue weighted by molar-refractivity contribution is -0.120. The second-order valence-electron chi connectivity index (χ2n) is 3.37. The third kappa shape index (κ3) is 1.84. The number of nitrogens with one attached hydrogen (secondary N) is 2. The molecule has 1 aromatic rings. The van der Waals surface area contributed by atoms with Gasteiger partial charge in [-0.15, -0.1) is 0 Å². The molecule has 0 radical (unpaired) electrons. The maximum absolute atomic E-state index is 11.5. The van der Waals surface area contributed by atoms with E-state index in [1.807, 2.05) is 13.0 Å². The van der Waals surface area contributed by atoms with E-state index in [-0.39, 0.29) is 5.91 Å². The van der Waals surface area contributed by atoms with Crippen molar-refractivity contribution in [1.82, 2.24) is 10.6 Å². The van der Waals surface area contributed by atoms with Crippen molar-refractivity contribution >= 4 is 11.9 Å². The lowest BCUT2D eigenvalue weighted by Gasteiger charge is -2.13. The van der Waals surface area contributed by atoms with Crippen LogP contribution < -0.4 is 15.4 Å². The quantitative estimate of drug-likeness (QED) is 0.746. The van der Waals surface area contributed by atoms with Gasteiger partial charge >= 0.3 is 6.03 Å². The van der Waals surface area contributed by atoms with Gasteiger partial charge in [-0.1, -0.05) is 18.2 Å². The summed E-state index contributed by atoms with van der Waals surface area (Å²) in [5.41, 5.74) is 0.674. The molecule has 5 heteroatoms. The van der Waals surface area contributed by atoms with E-state index in [4.69, 9.17) is 4.74 Å². The van der Waals surface area contributed by atoms with Gasteiger partial charge in [-0.25, -0.2) is 4.79 Å². The molecule has 3 amide bonds. The molecule has 2 rings (SSSR count). The molecule has 1 aromatic carbocycles. The van der Waals surface area contributed by atoms with Crippen LogP contribution in [0.25, 0.3) is 0 Å². The minimum Gasteiger partial charge on any atom is -0.494 e. The molecule has 84 valence electrons. The first-order chi connectivity index (χ1) is 7.72. The topological polar surface area (TPSA) is 67.4 Å².